The van der Waals surface area contributed by atoms with Crippen LogP contribution in [0.15, 0.2) is 71.7 Å². The average molecular weight is 446 g/mol. The molecule has 3 heteroatoms. The molecule has 0 heterocycles. The fourth-order valence-corrected chi connectivity index (χ4v) is 4.82. The SMILES string of the molecule is Cc1cc(Pc2ccccc2C=NC(C)(C)C)c(OCc2ccccc2)c(C(C)(C)C)c1. The Labute approximate surface area is 195 Å². The number of nitrogens with zero attached hydrogens (tertiary/aromatic N) is 1. The van der Waals surface area contributed by atoms with E-state index in [-0.39, 0.29) is 11.0 Å². The maximum Gasteiger partial charge on any atom is 0.131 e. The van der Waals surface area contributed by atoms with Gasteiger partial charge in [-0.3, -0.25) is 4.99 Å². The molecule has 0 aliphatic carbocycles. The van der Waals surface area contributed by atoms with E-state index in [9.17, 15) is 0 Å². The normalized spacial score (nSPS) is 12.7. The summed E-state index contributed by atoms with van der Waals surface area (Å²) in [6.45, 7) is 15.9. The first-order chi connectivity index (χ1) is 15.0. The van der Waals surface area contributed by atoms with Gasteiger partial charge in [-0.15, -0.1) is 0 Å². The van der Waals surface area contributed by atoms with Gasteiger partial charge < -0.3 is 4.74 Å². The molecule has 3 aromatic carbocycles. The van der Waals surface area contributed by atoms with E-state index in [1.165, 1.54) is 32.9 Å². The predicted octanol–water partition coefficient (Wildman–Crippen LogP) is 6.72. The first kappa shape index (κ1) is 24.2. The minimum absolute atomic E-state index is 0.00944. The zero-order chi connectivity index (χ0) is 23.4. The van der Waals surface area contributed by atoms with Gasteiger partial charge in [0.1, 0.15) is 12.4 Å². The van der Waals surface area contributed by atoms with Crippen molar-refractivity contribution in [1.82, 2.24) is 0 Å². The van der Waals surface area contributed by atoms with Crippen LogP contribution < -0.4 is 15.3 Å². The van der Waals surface area contributed by atoms with Crippen molar-refractivity contribution in [3.8, 4) is 5.75 Å². The molecule has 3 aromatic rings. The molecule has 0 aliphatic heterocycles. The van der Waals surface area contributed by atoms with Gasteiger partial charge in [0.2, 0.25) is 0 Å². The Balaban J connectivity index is 2.03. The van der Waals surface area contributed by atoms with Crippen molar-refractivity contribution in [2.24, 2.45) is 4.99 Å². The highest BCUT2D eigenvalue weighted by atomic mass is 31.1. The molecule has 3 rings (SSSR count). The third-order valence-electron chi connectivity index (χ3n) is 5.09. The lowest BCUT2D eigenvalue weighted by Crippen LogP contribution is -2.20. The first-order valence-electron chi connectivity index (χ1n) is 11.3. The molecule has 0 saturated carbocycles. The highest BCUT2D eigenvalue weighted by Crippen LogP contribution is 2.35. The smallest absolute Gasteiger partial charge is 0.131 e. The molecule has 0 bridgehead atoms. The Kier molecular flexibility index (Phi) is 7.57. The van der Waals surface area contributed by atoms with Crippen molar-refractivity contribution >= 4 is 25.4 Å². The molecule has 0 N–H and O–H groups in total. The Morgan fingerprint density at radius 3 is 2.16 bits per heavy atom. The Morgan fingerprint density at radius 2 is 1.50 bits per heavy atom. The molecule has 168 valence electrons. The third kappa shape index (κ3) is 6.78. The number of aliphatic imine (C=N–C) groups is 1. The van der Waals surface area contributed by atoms with Crippen molar-refractivity contribution in [2.75, 3.05) is 0 Å². The molecule has 0 amide bonds. The predicted molar refractivity (Wildman–Crippen MR) is 142 cm³/mol. The summed E-state index contributed by atoms with van der Waals surface area (Å²) in [7, 11) is 0.491. The molecule has 0 radical (unpaired) electrons. The van der Waals surface area contributed by atoms with Crippen LogP contribution in [0.2, 0.25) is 0 Å². The van der Waals surface area contributed by atoms with E-state index in [0.29, 0.717) is 15.2 Å². The summed E-state index contributed by atoms with van der Waals surface area (Å²) in [5.74, 6) is 1.02. The lowest BCUT2D eigenvalue weighted by molar-refractivity contribution is 0.300. The zero-order valence-electron chi connectivity index (χ0n) is 20.5. The molecule has 32 heavy (non-hydrogen) atoms. The van der Waals surface area contributed by atoms with Gasteiger partial charge in [0.05, 0.1) is 5.54 Å². The average Bonchev–Trinajstić information content (AvgIpc) is 2.71. The Hall–Kier alpha value is -2.44. The molecule has 2 nitrogen and oxygen atoms in total. The summed E-state index contributed by atoms with van der Waals surface area (Å²) < 4.78 is 6.54. The maximum atomic E-state index is 6.54. The summed E-state index contributed by atoms with van der Waals surface area (Å²) in [5.41, 5.74) is 4.78. The second-order valence-electron chi connectivity index (χ2n) is 10.4. The summed E-state index contributed by atoms with van der Waals surface area (Å²) in [4.78, 5) is 4.75. The second-order valence-corrected chi connectivity index (χ2v) is 11.7. The fraction of sp³-hybridized carbons (Fsp3) is 0.345. The van der Waals surface area contributed by atoms with Crippen LogP contribution in [0.4, 0.5) is 0 Å². The van der Waals surface area contributed by atoms with Crippen molar-refractivity contribution in [3.63, 3.8) is 0 Å². The minimum Gasteiger partial charge on any atom is -0.488 e. The standard InChI is InChI=1S/C29H36NOP/c1-21-17-24(28(2,3)4)27(31-20-22-13-9-8-10-14-22)26(18-21)32-25-16-12-11-15-23(25)19-30-29(5,6)7/h8-19,32H,20H2,1-7H3. The summed E-state index contributed by atoms with van der Waals surface area (Å²) in [6, 6.07) is 23.5. The van der Waals surface area contributed by atoms with E-state index >= 15 is 0 Å². The van der Waals surface area contributed by atoms with Crippen LogP contribution in [0.25, 0.3) is 0 Å². The highest BCUT2D eigenvalue weighted by Gasteiger charge is 2.23. The Morgan fingerprint density at radius 1 is 0.844 bits per heavy atom. The third-order valence-corrected chi connectivity index (χ3v) is 6.45. The molecule has 0 fully saturated rings. The van der Waals surface area contributed by atoms with E-state index in [1.54, 1.807) is 0 Å². The van der Waals surface area contributed by atoms with Gasteiger partial charge in [0.15, 0.2) is 0 Å². The number of hydrogen-bond acceptors (Lipinski definition) is 2. The largest absolute Gasteiger partial charge is 0.488 e. The van der Waals surface area contributed by atoms with E-state index in [4.69, 9.17) is 9.73 Å². The van der Waals surface area contributed by atoms with Crippen LogP contribution in [0.5, 0.6) is 5.75 Å². The van der Waals surface area contributed by atoms with Gasteiger partial charge >= 0.3 is 0 Å². The lowest BCUT2D eigenvalue weighted by Gasteiger charge is -2.26. The summed E-state index contributed by atoms with van der Waals surface area (Å²) >= 11 is 0. The molecule has 1 atom stereocenters. The molecule has 0 spiro atoms. The number of aryl methyl sites for hydroxylation is 1. The Bertz CT molecular complexity index is 1070. The van der Waals surface area contributed by atoms with Crippen molar-refractivity contribution < 1.29 is 4.74 Å². The van der Waals surface area contributed by atoms with E-state index in [0.717, 1.165) is 5.75 Å². The van der Waals surface area contributed by atoms with Crippen LogP contribution in [0, 0.1) is 6.92 Å². The number of hydrogen-bond donors (Lipinski definition) is 0. The lowest BCUT2D eigenvalue weighted by atomic mass is 9.85. The summed E-state index contributed by atoms with van der Waals surface area (Å²) in [5, 5.41) is 2.54. The fourth-order valence-electron chi connectivity index (χ4n) is 3.44. The molecular weight excluding hydrogens is 409 g/mol. The van der Waals surface area contributed by atoms with Gasteiger partial charge in [0.25, 0.3) is 0 Å². The van der Waals surface area contributed by atoms with Crippen molar-refractivity contribution in [3.05, 3.63) is 89.0 Å². The summed E-state index contributed by atoms with van der Waals surface area (Å²) in [6.07, 6.45) is 2.02. The number of rotatable bonds is 6. The molecule has 0 saturated heterocycles. The van der Waals surface area contributed by atoms with Crippen LogP contribution in [-0.2, 0) is 12.0 Å². The quantitative estimate of drug-likeness (QED) is 0.305. The minimum atomic E-state index is -0.0943. The van der Waals surface area contributed by atoms with Gasteiger partial charge in [-0.05, 0) is 55.6 Å². The maximum absolute atomic E-state index is 6.54. The van der Waals surface area contributed by atoms with Gasteiger partial charge in [0, 0.05) is 22.6 Å². The number of ether oxygens (including phenoxy) is 1. The van der Waals surface area contributed by atoms with E-state index in [2.05, 4.69) is 109 Å². The molecular formula is C29H36NOP. The number of benzene rings is 3. The second kappa shape index (κ2) is 10.0. The van der Waals surface area contributed by atoms with Crippen molar-refractivity contribution in [1.29, 1.82) is 0 Å². The molecule has 1 unspecified atom stereocenters. The van der Waals surface area contributed by atoms with Crippen LogP contribution in [0.1, 0.15) is 63.8 Å². The molecule has 0 aromatic heterocycles. The highest BCUT2D eigenvalue weighted by molar-refractivity contribution is 7.56. The first-order valence-corrected chi connectivity index (χ1v) is 12.3. The topological polar surface area (TPSA) is 21.6 Å². The zero-order valence-corrected chi connectivity index (χ0v) is 21.5. The monoisotopic (exact) mass is 445 g/mol. The van der Waals surface area contributed by atoms with Gasteiger partial charge in [-0.25, -0.2) is 0 Å². The van der Waals surface area contributed by atoms with Crippen molar-refractivity contribution in [2.45, 2.75) is 66.0 Å². The van der Waals surface area contributed by atoms with E-state index < -0.39 is 0 Å². The van der Waals surface area contributed by atoms with Crippen LogP contribution in [0.3, 0.4) is 0 Å². The van der Waals surface area contributed by atoms with Gasteiger partial charge in [-0.2, -0.15) is 0 Å². The van der Waals surface area contributed by atoms with Gasteiger partial charge in [-0.1, -0.05) is 90.0 Å². The van der Waals surface area contributed by atoms with Crippen LogP contribution in [-0.4, -0.2) is 11.8 Å². The van der Waals surface area contributed by atoms with E-state index in [1.807, 2.05) is 12.3 Å². The molecule has 0 aliphatic rings. The van der Waals surface area contributed by atoms with Crippen LogP contribution >= 0.6 is 8.58 Å².